The zero-order valence-electron chi connectivity index (χ0n) is 15.5. The molecule has 0 saturated carbocycles. The Morgan fingerprint density at radius 2 is 1.62 bits per heavy atom. The summed E-state index contributed by atoms with van der Waals surface area (Å²) >= 11 is 0. The van der Waals surface area contributed by atoms with Gasteiger partial charge in [0.05, 0.1) is 0 Å². The molecule has 9 nitrogen and oxygen atoms in total. The van der Waals surface area contributed by atoms with Gasteiger partial charge >= 0.3 is 12.1 Å². The number of nitrogens with one attached hydrogen (secondary N) is 1. The molecule has 2 fully saturated rings. The van der Waals surface area contributed by atoms with Gasteiger partial charge < -0.3 is 20.1 Å². The molecular weight excluding hydrogens is 342 g/mol. The molecule has 26 heavy (non-hydrogen) atoms. The maximum absolute atomic E-state index is 13.0. The van der Waals surface area contributed by atoms with Gasteiger partial charge in [0.1, 0.15) is 24.2 Å². The molecule has 0 aliphatic carbocycles. The quantitative estimate of drug-likeness (QED) is 0.749. The van der Waals surface area contributed by atoms with E-state index in [1.165, 1.54) is 9.80 Å². The molecule has 9 heteroatoms. The molecule has 2 aliphatic heterocycles. The summed E-state index contributed by atoms with van der Waals surface area (Å²) in [6.45, 7) is 5.67. The molecule has 0 bridgehead atoms. The minimum absolute atomic E-state index is 0.277. The van der Waals surface area contributed by atoms with E-state index in [1.54, 1.807) is 20.8 Å². The highest BCUT2D eigenvalue weighted by Gasteiger charge is 2.43. The summed E-state index contributed by atoms with van der Waals surface area (Å²) in [6, 6.07) is -1.33. The van der Waals surface area contributed by atoms with Crippen LogP contribution in [0.2, 0.25) is 0 Å². The third kappa shape index (κ3) is 4.86. The smallest absolute Gasteiger partial charge is 0.410 e. The molecule has 0 aromatic rings. The minimum atomic E-state index is -1.14. The number of ether oxygens (including phenoxy) is 1. The Bertz CT molecular complexity index is 586. The van der Waals surface area contributed by atoms with Crippen LogP contribution in [-0.4, -0.2) is 76.1 Å². The van der Waals surface area contributed by atoms with Gasteiger partial charge in [-0.2, -0.15) is 0 Å². The number of hydrogen-bond acceptors (Lipinski definition) is 5. The van der Waals surface area contributed by atoms with Crippen molar-refractivity contribution in [2.75, 3.05) is 19.6 Å². The predicted molar refractivity (Wildman–Crippen MR) is 91.3 cm³/mol. The number of hydrogen-bond donors (Lipinski definition) is 2. The number of carboxylic acid groups (broad SMARTS) is 1. The molecule has 146 valence electrons. The lowest BCUT2D eigenvalue weighted by molar-refractivity contribution is -0.143. The van der Waals surface area contributed by atoms with Crippen molar-refractivity contribution in [3.05, 3.63) is 0 Å². The maximum Gasteiger partial charge on any atom is 0.410 e. The molecule has 2 aliphatic rings. The van der Waals surface area contributed by atoms with Crippen molar-refractivity contribution in [1.29, 1.82) is 0 Å². The SMILES string of the molecule is CC(C)(C)OC(=O)N1CCC[C@H]1C(=O)N1CCC[C@H]1C(=O)NCC(=O)O. The van der Waals surface area contributed by atoms with Crippen molar-refractivity contribution in [2.45, 2.75) is 64.1 Å². The number of rotatable bonds is 4. The van der Waals surface area contributed by atoms with Crippen molar-refractivity contribution in [3.8, 4) is 0 Å². The first kappa shape index (κ1) is 20.0. The second-order valence-corrected chi connectivity index (χ2v) is 7.63. The van der Waals surface area contributed by atoms with Gasteiger partial charge in [-0.3, -0.25) is 19.3 Å². The van der Waals surface area contributed by atoms with Gasteiger partial charge in [-0.15, -0.1) is 0 Å². The molecule has 0 unspecified atom stereocenters. The summed E-state index contributed by atoms with van der Waals surface area (Å²) < 4.78 is 5.38. The van der Waals surface area contributed by atoms with Gasteiger partial charge in [-0.05, 0) is 46.5 Å². The molecule has 2 atom stereocenters. The number of carboxylic acids is 1. The Morgan fingerprint density at radius 3 is 2.19 bits per heavy atom. The number of nitrogens with zero attached hydrogens (tertiary/aromatic N) is 2. The Labute approximate surface area is 152 Å². The lowest BCUT2D eigenvalue weighted by Gasteiger charge is -2.32. The number of carbonyl (C=O) groups excluding carboxylic acids is 3. The maximum atomic E-state index is 13.0. The summed E-state index contributed by atoms with van der Waals surface area (Å²) in [7, 11) is 0. The number of likely N-dealkylation sites (tertiary alicyclic amines) is 2. The van der Waals surface area contributed by atoms with E-state index in [9.17, 15) is 19.2 Å². The topological polar surface area (TPSA) is 116 Å². The van der Waals surface area contributed by atoms with Crippen LogP contribution in [0.25, 0.3) is 0 Å². The highest BCUT2D eigenvalue weighted by Crippen LogP contribution is 2.26. The van der Waals surface area contributed by atoms with Crippen molar-refractivity contribution < 1.29 is 29.0 Å². The van der Waals surface area contributed by atoms with Crippen LogP contribution >= 0.6 is 0 Å². The molecule has 0 aromatic heterocycles. The third-order valence-electron chi connectivity index (χ3n) is 4.42. The predicted octanol–water partition coefficient (Wildman–Crippen LogP) is 0.578. The fourth-order valence-corrected chi connectivity index (χ4v) is 3.34. The Hall–Kier alpha value is -2.32. The van der Waals surface area contributed by atoms with E-state index in [2.05, 4.69) is 5.32 Å². The Kier molecular flexibility index (Phi) is 6.09. The summed E-state index contributed by atoms with van der Waals surface area (Å²) in [4.78, 5) is 51.1. The van der Waals surface area contributed by atoms with Crippen LogP contribution in [0.3, 0.4) is 0 Å². The van der Waals surface area contributed by atoms with Crippen molar-refractivity contribution in [3.63, 3.8) is 0 Å². The van der Waals surface area contributed by atoms with E-state index in [-0.39, 0.29) is 5.91 Å². The second-order valence-electron chi connectivity index (χ2n) is 7.63. The summed E-state index contributed by atoms with van der Waals surface area (Å²) in [6.07, 6.45) is 1.84. The van der Waals surface area contributed by atoms with Crippen LogP contribution in [-0.2, 0) is 19.1 Å². The first-order chi connectivity index (χ1) is 12.1. The summed E-state index contributed by atoms with van der Waals surface area (Å²) in [5.74, 6) is -1.89. The van der Waals surface area contributed by atoms with Crippen molar-refractivity contribution in [1.82, 2.24) is 15.1 Å². The fourth-order valence-electron chi connectivity index (χ4n) is 3.34. The van der Waals surface area contributed by atoms with Crippen molar-refractivity contribution in [2.24, 2.45) is 0 Å². The summed E-state index contributed by atoms with van der Waals surface area (Å²) in [5, 5.41) is 11.0. The van der Waals surface area contributed by atoms with E-state index in [0.29, 0.717) is 38.8 Å². The lowest BCUT2D eigenvalue weighted by atomic mass is 10.1. The number of amides is 3. The van der Waals surface area contributed by atoms with Gasteiger partial charge in [0, 0.05) is 13.1 Å². The van der Waals surface area contributed by atoms with Gasteiger partial charge in [-0.1, -0.05) is 0 Å². The van der Waals surface area contributed by atoms with Crippen LogP contribution in [0.4, 0.5) is 4.79 Å². The van der Waals surface area contributed by atoms with E-state index >= 15 is 0 Å². The molecule has 2 rings (SSSR count). The van der Waals surface area contributed by atoms with Gasteiger partial charge in [0.2, 0.25) is 11.8 Å². The fraction of sp³-hybridized carbons (Fsp3) is 0.765. The first-order valence-corrected chi connectivity index (χ1v) is 8.90. The Balaban J connectivity index is 2.04. The number of aliphatic carboxylic acids is 1. The molecule has 3 amide bonds. The lowest BCUT2D eigenvalue weighted by Crippen LogP contribution is -2.53. The number of carbonyl (C=O) groups is 4. The molecule has 2 N–H and O–H groups in total. The second kappa shape index (κ2) is 7.92. The van der Waals surface area contributed by atoms with E-state index in [1.807, 2.05) is 0 Å². The van der Waals surface area contributed by atoms with Crippen LogP contribution in [0, 0.1) is 0 Å². The zero-order valence-corrected chi connectivity index (χ0v) is 15.5. The molecule has 0 aromatic carbocycles. The molecule has 0 spiro atoms. The van der Waals surface area contributed by atoms with Crippen LogP contribution < -0.4 is 5.32 Å². The van der Waals surface area contributed by atoms with E-state index in [0.717, 1.165) is 0 Å². The molecule has 2 heterocycles. The van der Waals surface area contributed by atoms with Gasteiger partial charge in [0.15, 0.2) is 0 Å². The minimum Gasteiger partial charge on any atom is -0.480 e. The average Bonchev–Trinajstić information content (AvgIpc) is 3.19. The van der Waals surface area contributed by atoms with Crippen LogP contribution in [0.5, 0.6) is 0 Å². The standard InChI is InChI=1S/C17H27N3O6/c1-17(2,3)26-16(25)20-9-5-7-12(20)15(24)19-8-4-6-11(19)14(23)18-10-13(21)22/h11-12H,4-10H2,1-3H3,(H,18,23)(H,21,22)/t11-,12-/m0/s1. The molecule has 0 radical (unpaired) electrons. The highest BCUT2D eigenvalue weighted by molar-refractivity contribution is 5.93. The largest absolute Gasteiger partial charge is 0.480 e. The van der Waals surface area contributed by atoms with Gasteiger partial charge in [0.25, 0.3) is 0 Å². The molecular formula is C17H27N3O6. The monoisotopic (exact) mass is 369 g/mol. The van der Waals surface area contributed by atoms with Crippen molar-refractivity contribution >= 4 is 23.9 Å². The third-order valence-corrected chi connectivity index (χ3v) is 4.42. The zero-order chi connectivity index (χ0) is 19.5. The van der Waals surface area contributed by atoms with Gasteiger partial charge in [-0.25, -0.2) is 4.79 Å². The van der Waals surface area contributed by atoms with Crippen LogP contribution in [0.1, 0.15) is 46.5 Å². The average molecular weight is 369 g/mol. The Morgan fingerprint density at radius 1 is 1.04 bits per heavy atom. The molecule has 2 saturated heterocycles. The van der Waals surface area contributed by atoms with E-state index < -0.39 is 42.2 Å². The first-order valence-electron chi connectivity index (χ1n) is 8.90. The van der Waals surface area contributed by atoms with E-state index in [4.69, 9.17) is 9.84 Å². The normalized spacial score (nSPS) is 23.0. The van der Waals surface area contributed by atoms with Crippen LogP contribution in [0.15, 0.2) is 0 Å². The highest BCUT2D eigenvalue weighted by atomic mass is 16.6. The summed E-state index contributed by atoms with van der Waals surface area (Å²) in [5.41, 5.74) is -0.653.